The monoisotopic (exact) mass is 285 g/mol. The van der Waals surface area contributed by atoms with E-state index >= 15 is 0 Å². The first-order valence-electron chi connectivity index (χ1n) is 7.13. The molecule has 1 unspecified atom stereocenters. The zero-order valence-corrected chi connectivity index (χ0v) is 13.3. The van der Waals surface area contributed by atoms with Gasteiger partial charge in [-0.1, -0.05) is 35.9 Å². The van der Waals surface area contributed by atoms with Gasteiger partial charge in [0.25, 0.3) is 0 Å². The summed E-state index contributed by atoms with van der Waals surface area (Å²) in [6.07, 6.45) is 4.38. The lowest BCUT2D eigenvalue weighted by molar-refractivity contribution is 0.706. The molecule has 0 spiro atoms. The minimum atomic E-state index is 0.479. The fourth-order valence-electron chi connectivity index (χ4n) is 2.32. The highest BCUT2D eigenvalue weighted by Gasteiger charge is 2.03. The first kappa shape index (κ1) is 15.0. The second-order valence-electron chi connectivity index (χ2n) is 5.31. The lowest BCUT2D eigenvalue weighted by Crippen LogP contribution is -2.15. The summed E-state index contributed by atoms with van der Waals surface area (Å²) in [5.41, 5.74) is 3.99. The second-order valence-corrected chi connectivity index (χ2v) is 6.18. The summed E-state index contributed by atoms with van der Waals surface area (Å²) in [7, 11) is 0. The van der Waals surface area contributed by atoms with Crippen molar-refractivity contribution in [2.45, 2.75) is 37.6 Å². The number of rotatable bonds is 6. The van der Waals surface area contributed by atoms with E-state index in [4.69, 9.17) is 0 Å². The highest BCUT2D eigenvalue weighted by Crippen LogP contribution is 2.20. The minimum absolute atomic E-state index is 0.479. The van der Waals surface area contributed by atoms with E-state index in [2.05, 4.69) is 74.0 Å². The highest BCUT2D eigenvalue weighted by molar-refractivity contribution is 7.98. The molecule has 106 valence electrons. The molecule has 2 rings (SSSR count). The van der Waals surface area contributed by atoms with E-state index in [1.54, 1.807) is 11.8 Å². The summed E-state index contributed by atoms with van der Waals surface area (Å²) in [5.74, 6) is 0. The van der Waals surface area contributed by atoms with Crippen LogP contribution in [0.1, 0.15) is 24.5 Å². The van der Waals surface area contributed by atoms with E-state index in [9.17, 15) is 0 Å². The maximum atomic E-state index is 3.59. The van der Waals surface area contributed by atoms with Gasteiger partial charge in [0.1, 0.15) is 0 Å². The van der Waals surface area contributed by atoms with Crippen LogP contribution in [0.3, 0.4) is 0 Å². The Morgan fingerprint density at radius 2 is 1.90 bits per heavy atom. The molecule has 0 radical (unpaired) electrons. The van der Waals surface area contributed by atoms with Crippen LogP contribution in [0.5, 0.6) is 0 Å². The minimum Gasteiger partial charge on any atom is -0.383 e. The molecule has 0 aliphatic carbocycles. The van der Waals surface area contributed by atoms with Gasteiger partial charge in [0.2, 0.25) is 0 Å². The predicted octanol–water partition coefficient (Wildman–Crippen LogP) is 5.15. The quantitative estimate of drug-likeness (QED) is 0.737. The number of anilines is 1. The molecule has 0 aromatic heterocycles. The first-order valence-corrected chi connectivity index (χ1v) is 8.36. The number of benzene rings is 2. The van der Waals surface area contributed by atoms with Crippen molar-refractivity contribution >= 4 is 17.4 Å². The van der Waals surface area contributed by atoms with Gasteiger partial charge in [0.15, 0.2) is 0 Å². The van der Waals surface area contributed by atoms with Gasteiger partial charge in [-0.3, -0.25) is 0 Å². The maximum absolute atomic E-state index is 3.59. The van der Waals surface area contributed by atoms with Crippen molar-refractivity contribution in [2.24, 2.45) is 0 Å². The maximum Gasteiger partial charge on any atom is 0.0353 e. The van der Waals surface area contributed by atoms with Gasteiger partial charge in [0, 0.05) is 16.6 Å². The first-order chi connectivity index (χ1) is 9.67. The number of thioether (sulfide) groups is 1. The van der Waals surface area contributed by atoms with Crippen molar-refractivity contribution in [3.8, 4) is 0 Å². The van der Waals surface area contributed by atoms with Crippen molar-refractivity contribution in [2.75, 3.05) is 11.6 Å². The molecule has 1 atom stereocenters. The Morgan fingerprint density at radius 3 is 2.65 bits per heavy atom. The Bertz CT molecular complexity index is 551. The zero-order chi connectivity index (χ0) is 14.4. The van der Waals surface area contributed by atoms with Crippen LogP contribution in [0.15, 0.2) is 53.4 Å². The molecule has 1 N–H and O–H groups in total. The van der Waals surface area contributed by atoms with Crippen LogP contribution in [-0.4, -0.2) is 12.3 Å². The molecular formula is C18H23NS. The molecule has 0 fully saturated rings. The van der Waals surface area contributed by atoms with E-state index in [1.165, 1.54) is 21.7 Å². The molecule has 2 heteroatoms. The molecule has 0 saturated heterocycles. The summed E-state index contributed by atoms with van der Waals surface area (Å²) in [6.45, 7) is 4.40. The zero-order valence-electron chi connectivity index (χ0n) is 12.5. The van der Waals surface area contributed by atoms with Gasteiger partial charge in [-0.15, -0.1) is 11.8 Å². The largest absolute Gasteiger partial charge is 0.383 e. The third-order valence-electron chi connectivity index (χ3n) is 3.43. The van der Waals surface area contributed by atoms with Crippen LogP contribution < -0.4 is 5.32 Å². The van der Waals surface area contributed by atoms with Crippen LogP contribution in [0, 0.1) is 6.92 Å². The summed E-state index contributed by atoms with van der Waals surface area (Å²) < 4.78 is 0. The van der Waals surface area contributed by atoms with Crippen LogP contribution in [0.4, 0.5) is 5.69 Å². The van der Waals surface area contributed by atoms with Crippen molar-refractivity contribution in [3.05, 3.63) is 59.7 Å². The van der Waals surface area contributed by atoms with Gasteiger partial charge in [-0.25, -0.2) is 0 Å². The number of hydrogen-bond donors (Lipinski definition) is 1. The molecule has 20 heavy (non-hydrogen) atoms. The normalized spacial score (nSPS) is 12.2. The Morgan fingerprint density at radius 1 is 1.10 bits per heavy atom. The van der Waals surface area contributed by atoms with Gasteiger partial charge >= 0.3 is 0 Å². The average Bonchev–Trinajstić information content (AvgIpc) is 2.45. The highest BCUT2D eigenvalue weighted by atomic mass is 32.2. The third-order valence-corrected chi connectivity index (χ3v) is 4.16. The SMILES string of the molecule is CSc1cccc(NC(C)CCc2cccc(C)c2)c1. The Kier molecular flexibility index (Phi) is 5.54. The Hall–Kier alpha value is -1.41. The summed E-state index contributed by atoms with van der Waals surface area (Å²) >= 11 is 1.78. The predicted molar refractivity (Wildman–Crippen MR) is 90.8 cm³/mol. The topological polar surface area (TPSA) is 12.0 Å². The fourth-order valence-corrected chi connectivity index (χ4v) is 2.78. The molecule has 2 aromatic rings. The number of hydrogen-bond acceptors (Lipinski definition) is 2. The Labute approximate surface area is 126 Å². The third kappa shape index (κ3) is 4.61. The van der Waals surface area contributed by atoms with Gasteiger partial charge < -0.3 is 5.32 Å². The fraction of sp³-hybridized carbons (Fsp3) is 0.333. The number of aryl methyl sites for hydroxylation is 2. The van der Waals surface area contributed by atoms with E-state index < -0.39 is 0 Å². The molecule has 0 aliphatic rings. The molecule has 0 heterocycles. The molecule has 0 saturated carbocycles. The second kappa shape index (κ2) is 7.39. The van der Waals surface area contributed by atoms with Crippen molar-refractivity contribution < 1.29 is 0 Å². The van der Waals surface area contributed by atoms with E-state index in [1.807, 2.05) is 0 Å². The summed E-state index contributed by atoms with van der Waals surface area (Å²) in [5, 5.41) is 3.59. The van der Waals surface area contributed by atoms with Crippen LogP contribution in [-0.2, 0) is 6.42 Å². The molecule has 1 nitrogen and oxygen atoms in total. The molecule has 0 aliphatic heterocycles. The average molecular weight is 285 g/mol. The van der Waals surface area contributed by atoms with Gasteiger partial charge in [-0.05, 0) is 56.7 Å². The lowest BCUT2D eigenvalue weighted by Gasteiger charge is -2.16. The molecule has 0 bridgehead atoms. The van der Waals surface area contributed by atoms with Gasteiger partial charge in [-0.2, -0.15) is 0 Å². The van der Waals surface area contributed by atoms with E-state index in [0.29, 0.717) is 6.04 Å². The van der Waals surface area contributed by atoms with E-state index in [0.717, 1.165) is 12.8 Å². The summed E-state index contributed by atoms with van der Waals surface area (Å²) in [6, 6.07) is 17.9. The van der Waals surface area contributed by atoms with Crippen LogP contribution >= 0.6 is 11.8 Å². The molecular weight excluding hydrogens is 262 g/mol. The molecule has 0 amide bonds. The summed E-state index contributed by atoms with van der Waals surface area (Å²) in [4.78, 5) is 1.31. The van der Waals surface area contributed by atoms with Crippen LogP contribution in [0.25, 0.3) is 0 Å². The van der Waals surface area contributed by atoms with Crippen molar-refractivity contribution in [1.82, 2.24) is 0 Å². The standard InChI is InChI=1S/C18H23NS/c1-14-6-4-7-16(12-14)11-10-15(2)19-17-8-5-9-18(13-17)20-3/h4-9,12-13,15,19H,10-11H2,1-3H3. The van der Waals surface area contributed by atoms with Crippen LogP contribution in [0.2, 0.25) is 0 Å². The van der Waals surface area contributed by atoms with Gasteiger partial charge in [0.05, 0.1) is 0 Å². The smallest absolute Gasteiger partial charge is 0.0353 e. The Balaban J connectivity index is 1.87. The van der Waals surface area contributed by atoms with Crippen molar-refractivity contribution in [3.63, 3.8) is 0 Å². The molecule has 2 aromatic carbocycles. The van der Waals surface area contributed by atoms with E-state index in [-0.39, 0.29) is 0 Å². The number of nitrogens with one attached hydrogen (secondary N) is 1. The lowest BCUT2D eigenvalue weighted by atomic mass is 10.0. The van der Waals surface area contributed by atoms with Crippen molar-refractivity contribution in [1.29, 1.82) is 0 Å².